The zero-order valence-electron chi connectivity index (χ0n) is 16.1. The van der Waals surface area contributed by atoms with Gasteiger partial charge in [0.1, 0.15) is 0 Å². The van der Waals surface area contributed by atoms with Crippen LogP contribution in [0.4, 0.5) is 0 Å². The van der Waals surface area contributed by atoms with Crippen LogP contribution in [-0.4, -0.2) is 45.5 Å². The van der Waals surface area contributed by atoms with E-state index in [0.29, 0.717) is 24.3 Å². The molecule has 0 unspecified atom stereocenters. The lowest BCUT2D eigenvalue weighted by Gasteiger charge is -2.45. The van der Waals surface area contributed by atoms with Crippen molar-refractivity contribution in [3.05, 3.63) is 0 Å². The summed E-state index contributed by atoms with van der Waals surface area (Å²) in [6.45, 7) is 0.834. The highest BCUT2D eigenvalue weighted by atomic mass is 16.4. The van der Waals surface area contributed by atoms with Gasteiger partial charge in [-0.2, -0.15) is 0 Å². The Hall–Kier alpha value is -1.59. The van der Waals surface area contributed by atoms with Gasteiger partial charge in [0, 0.05) is 19.0 Å². The van der Waals surface area contributed by atoms with Gasteiger partial charge in [0.05, 0.1) is 0 Å². The van der Waals surface area contributed by atoms with Crippen LogP contribution in [-0.2, 0) is 14.4 Å². The molecule has 2 N–H and O–H groups in total. The molecule has 4 fully saturated rings. The van der Waals surface area contributed by atoms with Gasteiger partial charge in [-0.15, -0.1) is 0 Å². The first-order valence-corrected chi connectivity index (χ1v) is 10.7. The smallest absolute Gasteiger partial charge is 0.317 e. The van der Waals surface area contributed by atoms with E-state index in [4.69, 9.17) is 0 Å². The van der Waals surface area contributed by atoms with E-state index in [9.17, 15) is 24.6 Å². The molecular weight excluding hydrogens is 346 g/mol. The Balaban J connectivity index is 1.65. The normalized spacial score (nSPS) is 26.9. The third-order valence-corrected chi connectivity index (χ3v) is 7.05. The Morgan fingerprint density at radius 2 is 1.52 bits per heavy atom. The maximum absolute atomic E-state index is 13.0. The van der Waals surface area contributed by atoms with Crippen LogP contribution < -0.4 is 0 Å². The van der Waals surface area contributed by atoms with Crippen molar-refractivity contribution in [2.24, 2.45) is 23.7 Å². The van der Waals surface area contributed by atoms with Crippen LogP contribution in [0.5, 0.6) is 0 Å². The minimum Gasteiger partial charge on any atom is -0.481 e. The molecule has 2 saturated carbocycles. The average Bonchev–Trinajstić information content (AvgIpc) is 2.67. The van der Waals surface area contributed by atoms with E-state index in [0.717, 1.165) is 38.6 Å². The summed E-state index contributed by atoms with van der Waals surface area (Å²) in [5.41, 5.74) is 0. The zero-order chi connectivity index (χ0) is 19.4. The average molecular weight is 379 g/mol. The van der Waals surface area contributed by atoms with E-state index < -0.39 is 17.9 Å². The molecule has 2 saturated heterocycles. The summed E-state index contributed by atoms with van der Waals surface area (Å²) >= 11 is 0. The monoisotopic (exact) mass is 379 g/mol. The first-order chi connectivity index (χ1) is 12.9. The lowest BCUT2D eigenvalue weighted by atomic mass is 9.77. The van der Waals surface area contributed by atoms with Gasteiger partial charge in [0.15, 0.2) is 5.92 Å². The molecule has 2 aliphatic heterocycles. The molecule has 0 aromatic heterocycles. The number of fused-ring (bicyclic) bond motifs is 3. The Labute approximate surface area is 161 Å². The second-order valence-corrected chi connectivity index (χ2v) is 9.00. The van der Waals surface area contributed by atoms with E-state index in [1.165, 1.54) is 32.1 Å². The van der Waals surface area contributed by atoms with E-state index >= 15 is 0 Å². The molecule has 0 spiro atoms. The van der Waals surface area contributed by atoms with Gasteiger partial charge >= 0.3 is 11.9 Å². The maximum atomic E-state index is 13.0. The van der Waals surface area contributed by atoms with Crippen molar-refractivity contribution in [2.45, 2.75) is 83.1 Å². The summed E-state index contributed by atoms with van der Waals surface area (Å²) in [5, 5.41) is 18.6. The van der Waals surface area contributed by atoms with Crippen LogP contribution >= 0.6 is 0 Å². The first kappa shape index (κ1) is 20.2. The molecule has 1 amide bonds. The molecule has 2 heterocycles. The number of hydrogen-bond donors (Lipinski definition) is 2. The van der Waals surface area contributed by atoms with Crippen molar-refractivity contribution in [3.63, 3.8) is 0 Å². The Morgan fingerprint density at radius 1 is 0.889 bits per heavy atom. The van der Waals surface area contributed by atoms with Gasteiger partial charge in [-0.25, -0.2) is 0 Å². The maximum Gasteiger partial charge on any atom is 0.317 e. The molecular formula is C21H33NO5. The van der Waals surface area contributed by atoms with E-state index in [1.807, 2.05) is 4.90 Å². The standard InChI is InChI=1S/C21H33NO5/c23-19(22-13-15-6-8-17(22)9-7-15)12-16(10-14-4-2-1-3-5-14)11-18(20(24)25)21(26)27/h14-18H,1-13H2,(H,24,25)(H,26,27)/t15?,16-,17?/m1/s1. The molecule has 152 valence electrons. The highest BCUT2D eigenvalue weighted by Gasteiger charge is 2.38. The number of carbonyl (C=O) groups is 3. The van der Waals surface area contributed by atoms with E-state index in [2.05, 4.69) is 0 Å². The summed E-state index contributed by atoms with van der Waals surface area (Å²) < 4.78 is 0. The molecule has 2 bridgehead atoms. The van der Waals surface area contributed by atoms with Gasteiger partial charge in [0.25, 0.3) is 0 Å². The Morgan fingerprint density at radius 3 is 2.04 bits per heavy atom. The van der Waals surface area contributed by atoms with Gasteiger partial charge in [-0.05, 0) is 56.3 Å². The summed E-state index contributed by atoms with van der Waals surface area (Å²) in [6, 6.07) is 0.340. The predicted octanol–water partition coefficient (Wildman–Crippen LogP) is 3.54. The lowest BCUT2D eigenvalue weighted by Crippen LogP contribution is -2.51. The lowest BCUT2D eigenvalue weighted by molar-refractivity contribution is -0.156. The van der Waals surface area contributed by atoms with Crippen molar-refractivity contribution in [1.29, 1.82) is 0 Å². The van der Waals surface area contributed by atoms with Gasteiger partial charge < -0.3 is 15.1 Å². The molecule has 6 heteroatoms. The molecule has 2 aliphatic carbocycles. The Kier molecular flexibility index (Phi) is 6.77. The summed E-state index contributed by atoms with van der Waals surface area (Å²) in [6.07, 6.45) is 11.6. The fourth-order valence-corrected chi connectivity index (χ4v) is 5.53. The number of hydrogen-bond acceptors (Lipinski definition) is 3. The molecule has 1 atom stereocenters. The van der Waals surface area contributed by atoms with Crippen LogP contribution in [0.2, 0.25) is 0 Å². The number of nitrogens with zero attached hydrogens (tertiary/aromatic N) is 1. The summed E-state index contributed by atoms with van der Waals surface area (Å²) in [7, 11) is 0. The first-order valence-electron chi connectivity index (χ1n) is 10.7. The molecule has 0 aromatic rings. The number of rotatable bonds is 8. The van der Waals surface area contributed by atoms with Gasteiger partial charge in [-0.1, -0.05) is 32.1 Å². The van der Waals surface area contributed by atoms with Crippen LogP contribution in [0, 0.1) is 23.7 Å². The topological polar surface area (TPSA) is 94.9 Å². The number of carbonyl (C=O) groups excluding carboxylic acids is 1. The largest absolute Gasteiger partial charge is 0.481 e. The summed E-state index contributed by atoms with van der Waals surface area (Å²) in [4.78, 5) is 37.8. The van der Waals surface area contributed by atoms with Crippen LogP contribution in [0.15, 0.2) is 0 Å². The third-order valence-electron chi connectivity index (χ3n) is 7.05. The van der Waals surface area contributed by atoms with E-state index in [1.54, 1.807) is 0 Å². The summed E-state index contributed by atoms with van der Waals surface area (Å²) in [5.74, 6) is -2.93. The molecule has 0 radical (unpaired) electrons. The number of piperidine rings is 2. The minimum atomic E-state index is -1.41. The molecule has 4 aliphatic rings. The fourth-order valence-electron chi connectivity index (χ4n) is 5.53. The SMILES string of the molecule is O=C(O)C(C[C@H](CC(=O)N1CC2CCC1CC2)CC1CCCCC1)C(=O)O. The molecule has 6 nitrogen and oxygen atoms in total. The van der Waals surface area contributed by atoms with Crippen LogP contribution in [0.25, 0.3) is 0 Å². The highest BCUT2D eigenvalue weighted by Crippen LogP contribution is 2.37. The quantitative estimate of drug-likeness (QED) is 0.629. The van der Waals surface area contributed by atoms with Crippen LogP contribution in [0.3, 0.4) is 0 Å². The van der Waals surface area contributed by atoms with Crippen molar-refractivity contribution >= 4 is 17.8 Å². The van der Waals surface area contributed by atoms with E-state index in [-0.39, 0.29) is 18.2 Å². The highest BCUT2D eigenvalue weighted by molar-refractivity contribution is 5.92. The van der Waals surface area contributed by atoms with Gasteiger partial charge in [-0.3, -0.25) is 14.4 Å². The van der Waals surface area contributed by atoms with Crippen molar-refractivity contribution in [1.82, 2.24) is 4.90 Å². The number of amides is 1. The van der Waals surface area contributed by atoms with Crippen molar-refractivity contribution in [3.8, 4) is 0 Å². The Bertz CT molecular complexity index is 535. The molecule has 4 rings (SSSR count). The van der Waals surface area contributed by atoms with Crippen molar-refractivity contribution in [2.75, 3.05) is 6.54 Å². The third kappa shape index (κ3) is 5.23. The molecule has 0 aromatic carbocycles. The van der Waals surface area contributed by atoms with Crippen LogP contribution in [0.1, 0.15) is 77.0 Å². The number of aliphatic carboxylic acids is 2. The predicted molar refractivity (Wildman–Crippen MR) is 100 cm³/mol. The fraction of sp³-hybridized carbons (Fsp3) is 0.857. The number of carboxylic acids is 2. The number of carboxylic acid groups (broad SMARTS) is 2. The minimum absolute atomic E-state index is 0.0643. The molecule has 27 heavy (non-hydrogen) atoms. The zero-order valence-corrected chi connectivity index (χ0v) is 16.1. The second kappa shape index (κ2) is 9.07. The van der Waals surface area contributed by atoms with Crippen molar-refractivity contribution < 1.29 is 24.6 Å². The van der Waals surface area contributed by atoms with Gasteiger partial charge in [0.2, 0.25) is 5.91 Å². The second-order valence-electron chi connectivity index (χ2n) is 9.00.